The number of aromatic nitrogens is 2. The van der Waals surface area contributed by atoms with Crippen LogP contribution in [0.4, 0.5) is 5.69 Å². The van der Waals surface area contributed by atoms with Crippen molar-refractivity contribution in [3.8, 4) is 16.9 Å². The molecule has 0 unspecified atom stereocenters. The molecular formula is C33H38N6O2. The van der Waals surface area contributed by atoms with Crippen LogP contribution in [-0.2, 0) is 24.3 Å². The van der Waals surface area contributed by atoms with E-state index in [-0.39, 0.29) is 11.9 Å². The average Bonchev–Trinajstić information content (AvgIpc) is 3.44. The maximum absolute atomic E-state index is 13.3. The molecule has 0 atom stereocenters. The summed E-state index contributed by atoms with van der Waals surface area (Å²) in [4.78, 5) is 19.3. The molecule has 0 saturated carbocycles. The number of carbonyl (C=O) groups excluding carboxylic acids is 1. The molecule has 1 amide bonds. The molecule has 0 bridgehead atoms. The SMILES string of the molecule is Cc1cccc(OCCCC(=O)N2CCCc3c(-c4cnn(Cc5cccc(CN=C(N)N)c5)c4)cccc32)c1C. The topological polar surface area (TPSA) is 112 Å². The molecule has 4 aromatic rings. The Bertz CT molecular complexity index is 1550. The van der Waals surface area contributed by atoms with E-state index in [1.54, 1.807) is 0 Å². The maximum atomic E-state index is 13.3. The lowest BCUT2D eigenvalue weighted by Gasteiger charge is -2.31. The number of nitrogens with two attached hydrogens (primary N) is 2. The van der Waals surface area contributed by atoms with Gasteiger partial charge in [0.25, 0.3) is 0 Å². The highest BCUT2D eigenvalue weighted by atomic mass is 16.5. The first-order chi connectivity index (χ1) is 19.9. The van der Waals surface area contributed by atoms with Crippen molar-refractivity contribution in [2.24, 2.45) is 16.5 Å². The number of aliphatic imine (C=N–C) groups is 1. The van der Waals surface area contributed by atoms with Crippen LogP contribution in [0.3, 0.4) is 0 Å². The lowest BCUT2D eigenvalue weighted by atomic mass is 9.93. The van der Waals surface area contributed by atoms with Crippen molar-refractivity contribution in [2.45, 2.75) is 52.6 Å². The Labute approximate surface area is 241 Å². The summed E-state index contributed by atoms with van der Waals surface area (Å²) in [6, 6.07) is 20.5. The summed E-state index contributed by atoms with van der Waals surface area (Å²) in [7, 11) is 0. The predicted octanol–water partition coefficient (Wildman–Crippen LogP) is 5.13. The van der Waals surface area contributed by atoms with Crippen molar-refractivity contribution < 1.29 is 9.53 Å². The number of rotatable bonds is 10. The Morgan fingerprint density at radius 2 is 1.85 bits per heavy atom. The predicted molar refractivity (Wildman–Crippen MR) is 164 cm³/mol. The van der Waals surface area contributed by atoms with Gasteiger partial charge < -0.3 is 21.1 Å². The first-order valence-electron chi connectivity index (χ1n) is 14.2. The highest BCUT2D eigenvalue weighted by Crippen LogP contribution is 2.36. The Kier molecular flexibility index (Phi) is 8.67. The van der Waals surface area contributed by atoms with Gasteiger partial charge in [0.1, 0.15) is 5.75 Å². The first-order valence-corrected chi connectivity index (χ1v) is 14.2. The van der Waals surface area contributed by atoms with E-state index in [4.69, 9.17) is 16.2 Å². The largest absolute Gasteiger partial charge is 0.493 e. The molecule has 4 N–H and O–H groups in total. The lowest BCUT2D eigenvalue weighted by Crippen LogP contribution is -2.35. The molecule has 2 heterocycles. The van der Waals surface area contributed by atoms with E-state index in [1.165, 1.54) is 11.1 Å². The fraction of sp³-hybridized carbons (Fsp3) is 0.303. The number of carbonyl (C=O) groups is 1. The zero-order valence-electron chi connectivity index (χ0n) is 23.8. The van der Waals surface area contributed by atoms with Crippen LogP contribution in [0.2, 0.25) is 0 Å². The third-order valence-corrected chi connectivity index (χ3v) is 7.62. The number of nitrogens with zero attached hydrogens (tertiary/aromatic N) is 4. The van der Waals surface area contributed by atoms with Crippen molar-refractivity contribution in [1.29, 1.82) is 0 Å². The van der Waals surface area contributed by atoms with E-state index in [2.05, 4.69) is 60.5 Å². The van der Waals surface area contributed by atoms with Gasteiger partial charge in [-0.3, -0.25) is 9.48 Å². The van der Waals surface area contributed by atoms with Crippen LogP contribution in [0.25, 0.3) is 11.1 Å². The molecule has 212 valence electrons. The van der Waals surface area contributed by atoms with E-state index >= 15 is 0 Å². The van der Waals surface area contributed by atoms with Gasteiger partial charge in [-0.05, 0) is 78.6 Å². The molecule has 1 aliphatic rings. The zero-order valence-corrected chi connectivity index (χ0v) is 23.8. The van der Waals surface area contributed by atoms with E-state index in [9.17, 15) is 4.79 Å². The molecule has 1 aliphatic heterocycles. The molecule has 3 aromatic carbocycles. The van der Waals surface area contributed by atoms with Crippen LogP contribution in [0, 0.1) is 13.8 Å². The van der Waals surface area contributed by atoms with Crippen molar-refractivity contribution in [1.82, 2.24) is 9.78 Å². The molecular weight excluding hydrogens is 512 g/mol. The van der Waals surface area contributed by atoms with Gasteiger partial charge >= 0.3 is 0 Å². The molecule has 0 spiro atoms. The van der Waals surface area contributed by atoms with Crippen LogP contribution in [0.15, 0.2) is 78.0 Å². The number of hydrogen-bond acceptors (Lipinski definition) is 4. The third-order valence-electron chi connectivity index (χ3n) is 7.62. The molecule has 0 aliphatic carbocycles. The smallest absolute Gasteiger partial charge is 0.227 e. The average molecular weight is 551 g/mol. The van der Waals surface area contributed by atoms with Gasteiger partial charge in [0.15, 0.2) is 5.96 Å². The second kappa shape index (κ2) is 12.7. The molecule has 0 saturated heterocycles. The van der Waals surface area contributed by atoms with Crippen molar-refractivity contribution in [2.75, 3.05) is 18.1 Å². The molecule has 8 heteroatoms. The highest BCUT2D eigenvalue weighted by Gasteiger charge is 2.24. The highest BCUT2D eigenvalue weighted by molar-refractivity contribution is 5.96. The van der Waals surface area contributed by atoms with Crippen LogP contribution in [0.5, 0.6) is 5.75 Å². The standard InChI is InChI=1S/C33H38N6O2/c1-23-8-3-14-31(24(23)2)41-17-7-15-32(40)39-16-6-12-29-28(11-5-13-30(29)39)27-20-37-38(22-27)21-26-10-4-9-25(18-26)19-36-33(34)35/h3-5,8-11,13-14,18,20,22H,6-7,12,15-17,19,21H2,1-2H3,(H4,34,35,36). The van der Waals surface area contributed by atoms with E-state index < -0.39 is 0 Å². The number of guanidine groups is 1. The minimum Gasteiger partial charge on any atom is -0.493 e. The molecule has 1 aromatic heterocycles. The first kappa shape index (κ1) is 28.0. The van der Waals surface area contributed by atoms with Crippen molar-refractivity contribution in [3.05, 3.63) is 101 Å². The van der Waals surface area contributed by atoms with Gasteiger partial charge in [0.2, 0.25) is 5.91 Å². The number of hydrogen-bond donors (Lipinski definition) is 2. The van der Waals surface area contributed by atoms with Gasteiger partial charge in [-0.2, -0.15) is 5.10 Å². The van der Waals surface area contributed by atoms with Gasteiger partial charge in [0, 0.05) is 30.4 Å². The number of benzene rings is 3. The Balaban J connectivity index is 1.24. The van der Waals surface area contributed by atoms with Gasteiger partial charge in [-0.1, -0.05) is 48.5 Å². The van der Waals surface area contributed by atoms with Gasteiger partial charge in [0.05, 0.1) is 25.9 Å². The Morgan fingerprint density at radius 3 is 2.71 bits per heavy atom. The second-order valence-electron chi connectivity index (χ2n) is 10.6. The van der Waals surface area contributed by atoms with Gasteiger partial charge in [-0.25, -0.2) is 4.99 Å². The van der Waals surface area contributed by atoms with E-state index in [1.807, 2.05) is 46.1 Å². The fourth-order valence-electron chi connectivity index (χ4n) is 5.36. The molecule has 8 nitrogen and oxygen atoms in total. The minimum absolute atomic E-state index is 0.0841. The van der Waals surface area contributed by atoms with Crippen molar-refractivity contribution >= 4 is 17.6 Å². The number of fused-ring (bicyclic) bond motifs is 1. The number of amides is 1. The third kappa shape index (κ3) is 6.77. The zero-order chi connectivity index (χ0) is 28.8. The molecule has 5 rings (SSSR count). The Hall–Kier alpha value is -4.59. The lowest BCUT2D eigenvalue weighted by molar-refractivity contribution is -0.118. The normalized spacial score (nSPS) is 12.6. The molecule has 0 radical (unpaired) electrons. The van der Waals surface area contributed by atoms with Crippen LogP contribution < -0.4 is 21.1 Å². The van der Waals surface area contributed by atoms with Crippen LogP contribution in [0.1, 0.15) is 47.1 Å². The summed E-state index contributed by atoms with van der Waals surface area (Å²) in [5, 5.41) is 4.64. The summed E-state index contributed by atoms with van der Waals surface area (Å²) in [5.74, 6) is 1.12. The number of ether oxygens (including phenoxy) is 1. The quantitative estimate of drug-likeness (QED) is 0.162. The summed E-state index contributed by atoms with van der Waals surface area (Å²) in [5.41, 5.74) is 19.9. The molecule has 41 heavy (non-hydrogen) atoms. The number of aryl methyl sites for hydroxylation is 1. The molecule has 0 fully saturated rings. The monoisotopic (exact) mass is 550 g/mol. The van der Waals surface area contributed by atoms with E-state index in [0.717, 1.165) is 58.6 Å². The summed E-state index contributed by atoms with van der Waals surface area (Å²) < 4.78 is 7.92. The second-order valence-corrected chi connectivity index (χ2v) is 10.6. The Morgan fingerprint density at radius 1 is 1.05 bits per heavy atom. The number of anilines is 1. The maximum Gasteiger partial charge on any atom is 0.227 e. The van der Waals surface area contributed by atoms with Crippen molar-refractivity contribution in [3.63, 3.8) is 0 Å². The van der Waals surface area contributed by atoms with Gasteiger partial charge in [-0.15, -0.1) is 0 Å². The van der Waals surface area contributed by atoms with Crippen LogP contribution in [-0.4, -0.2) is 34.8 Å². The van der Waals surface area contributed by atoms with E-state index in [0.29, 0.717) is 32.5 Å². The summed E-state index contributed by atoms with van der Waals surface area (Å²) in [6.07, 6.45) is 6.98. The fourth-order valence-corrected chi connectivity index (χ4v) is 5.36. The summed E-state index contributed by atoms with van der Waals surface area (Å²) in [6.45, 7) is 6.49. The summed E-state index contributed by atoms with van der Waals surface area (Å²) >= 11 is 0. The minimum atomic E-state index is 0.0841. The van der Waals surface area contributed by atoms with Crippen LogP contribution >= 0.6 is 0 Å².